The van der Waals surface area contributed by atoms with Crippen molar-refractivity contribution >= 4 is 50.0 Å². The van der Waals surface area contributed by atoms with Crippen LogP contribution < -0.4 is 5.32 Å². The summed E-state index contributed by atoms with van der Waals surface area (Å²) in [5.74, 6) is 0. The van der Waals surface area contributed by atoms with Gasteiger partial charge in [-0.2, -0.15) is 4.31 Å². The van der Waals surface area contributed by atoms with E-state index in [-0.39, 0.29) is 34.4 Å². The number of hydrogen-bond donors (Lipinski definition) is 1. The fourth-order valence-corrected chi connectivity index (χ4v) is 5.56. The van der Waals surface area contributed by atoms with Crippen LogP contribution in [0, 0.1) is 0 Å². The summed E-state index contributed by atoms with van der Waals surface area (Å²) in [6.45, 7) is 4.95. The van der Waals surface area contributed by atoms with Crippen LogP contribution in [0.4, 0.5) is 0 Å². The first-order valence-electron chi connectivity index (χ1n) is 6.03. The second-order valence-corrected chi connectivity index (χ2v) is 7.87. The maximum Gasteiger partial charge on any atom is 0.246 e. The molecule has 0 saturated carbocycles. The lowest BCUT2D eigenvalue weighted by Crippen LogP contribution is -2.56. The van der Waals surface area contributed by atoms with Crippen LogP contribution in [-0.2, 0) is 10.0 Å². The van der Waals surface area contributed by atoms with Crippen molar-refractivity contribution in [1.82, 2.24) is 9.62 Å². The van der Waals surface area contributed by atoms with Gasteiger partial charge in [0.1, 0.15) is 4.90 Å². The first kappa shape index (κ1) is 18.2. The molecular weight excluding hydrogens is 387 g/mol. The zero-order chi connectivity index (χ0) is 14.2. The third-order valence-electron chi connectivity index (χ3n) is 3.19. The zero-order valence-corrected chi connectivity index (χ0v) is 15.1. The molecule has 1 fully saturated rings. The molecule has 1 heterocycles. The van der Waals surface area contributed by atoms with Crippen LogP contribution in [0.5, 0.6) is 0 Å². The van der Waals surface area contributed by atoms with Crippen molar-refractivity contribution in [3.63, 3.8) is 0 Å². The molecule has 2 unspecified atom stereocenters. The molecule has 0 radical (unpaired) electrons. The lowest BCUT2D eigenvalue weighted by atomic mass is 10.2. The molecule has 1 aliphatic rings. The van der Waals surface area contributed by atoms with Gasteiger partial charge in [0, 0.05) is 29.6 Å². The summed E-state index contributed by atoms with van der Waals surface area (Å²) in [6, 6.07) is 5.04. The molecule has 0 spiro atoms. The van der Waals surface area contributed by atoms with E-state index in [9.17, 15) is 8.42 Å². The number of nitrogens with zero attached hydrogens (tertiary/aromatic N) is 1. The van der Waals surface area contributed by atoms with Crippen LogP contribution in [0.15, 0.2) is 27.6 Å². The van der Waals surface area contributed by atoms with Crippen LogP contribution in [-0.4, -0.2) is 37.9 Å². The third kappa shape index (κ3) is 3.48. The second-order valence-electron chi connectivity index (χ2n) is 4.78. The molecule has 8 heteroatoms. The van der Waals surface area contributed by atoms with Crippen molar-refractivity contribution in [3.05, 3.63) is 27.7 Å². The van der Waals surface area contributed by atoms with Gasteiger partial charge in [-0.05, 0) is 41.9 Å². The minimum atomic E-state index is -3.59. The predicted octanol–water partition coefficient (Wildman–Crippen LogP) is 2.90. The summed E-state index contributed by atoms with van der Waals surface area (Å²) >= 11 is 9.34. The topological polar surface area (TPSA) is 49.4 Å². The summed E-state index contributed by atoms with van der Waals surface area (Å²) in [5.41, 5.74) is 0. The van der Waals surface area contributed by atoms with Crippen molar-refractivity contribution < 1.29 is 8.42 Å². The molecule has 1 N–H and O–H groups in total. The van der Waals surface area contributed by atoms with Crippen LogP contribution in [0.1, 0.15) is 13.8 Å². The summed E-state index contributed by atoms with van der Waals surface area (Å²) in [7, 11) is -3.59. The van der Waals surface area contributed by atoms with E-state index in [1.165, 1.54) is 4.31 Å². The Labute approximate surface area is 139 Å². The SMILES string of the molecule is CC1CN(S(=O)(=O)c2c(Cl)cccc2Br)C(C)CN1.Cl. The average Bonchev–Trinajstić information content (AvgIpc) is 2.31. The van der Waals surface area contributed by atoms with E-state index < -0.39 is 10.0 Å². The highest BCUT2D eigenvalue weighted by molar-refractivity contribution is 9.10. The monoisotopic (exact) mass is 402 g/mol. The summed E-state index contributed by atoms with van der Waals surface area (Å²) in [5, 5.41) is 3.51. The fourth-order valence-electron chi connectivity index (χ4n) is 2.17. The largest absolute Gasteiger partial charge is 0.311 e. The van der Waals surface area contributed by atoms with E-state index in [2.05, 4.69) is 21.2 Å². The molecule has 1 aromatic rings. The number of benzene rings is 1. The van der Waals surface area contributed by atoms with E-state index in [1.54, 1.807) is 18.2 Å². The predicted molar refractivity (Wildman–Crippen MR) is 87.2 cm³/mol. The molecule has 20 heavy (non-hydrogen) atoms. The number of halogens is 3. The van der Waals surface area contributed by atoms with Crippen LogP contribution in [0.3, 0.4) is 0 Å². The Kier molecular flexibility index (Phi) is 6.32. The minimum absolute atomic E-state index is 0. The Morgan fingerprint density at radius 3 is 2.65 bits per heavy atom. The van der Waals surface area contributed by atoms with E-state index in [0.29, 0.717) is 17.6 Å². The second kappa shape index (κ2) is 6.94. The molecule has 0 bridgehead atoms. The zero-order valence-electron chi connectivity index (χ0n) is 11.1. The molecule has 2 atom stereocenters. The first-order chi connectivity index (χ1) is 8.84. The molecule has 1 aliphatic heterocycles. The highest BCUT2D eigenvalue weighted by Crippen LogP contribution is 2.33. The Morgan fingerprint density at radius 2 is 2.05 bits per heavy atom. The van der Waals surface area contributed by atoms with E-state index in [1.807, 2.05) is 13.8 Å². The molecule has 1 saturated heterocycles. The van der Waals surface area contributed by atoms with E-state index in [0.717, 1.165) is 0 Å². The van der Waals surface area contributed by atoms with Gasteiger partial charge in [-0.15, -0.1) is 12.4 Å². The molecule has 0 aliphatic carbocycles. The average molecular weight is 404 g/mol. The van der Waals surface area contributed by atoms with Gasteiger partial charge in [-0.3, -0.25) is 0 Å². The van der Waals surface area contributed by atoms with Crippen molar-refractivity contribution in [2.24, 2.45) is 0 Å². The molecule has 4 nitrogen and oxygen atoms in total. The van der Waals surface area contributed by atoms with Crippen molar-refractivity contribution in [2.75, 3.05) is 13.1 Å². The molecular formula is C12H17BrCl2N2O2S. The van der Waals surface area contributed by atoms with Gasteiger partial charge in [0.2, 0.25) is 10.0 Å². The lowest BCUT2D eigenvalue weighted by molar-refractivity contribution is 0.244. The van der Waals surface area contributed by atoms with Gasteiger partial charge in [0.15, 0.2) is 0 Å². The highest BCUT2D eigenvalue weighted by Gasteiger charge is 2.35. The molecule has 2 rings (SSSR count). The number of hydrogen-bond acceptors (Lipinski definition) is 3. The van der Waals surface area contributed by atoms with Crippen LogP contribution in [0.25, 0.3) is 0 Å². The molecule has 114 valence electrons. The van der Waals surface area contributed by atoms with Gasteiger partial charge in [-0.25, -0.2) is 8.42 Å². The first-order valence-corrected chi connectivity index (χ1v) is 8.64. The Bertz CT molecular complexity index is 563. The van der Waals surface area contributed by atoms with Gasteiger partial charge in [0.05, 0.1) is 5.02 Å². The molecule has 0 amide bonds. The summed E-state index contributed by atoms with van der Waals surface area (Å²) < 4.78 is 27.5. The summed E-state index contributed by atoms with van der Waals surface area (Å²) in [6.07, 6.45) is 0. The van der Waals surface area contributed by atoms with Crippen molar-refractivity contribution in [1.29, 1.82) is 0 Å². The van der Waals surface area contributed by atoms with Crippen LogP contribution >= 0.6 is 39.9 Å². The minimum Gasteiger partial charge on any atom is -0.311 e. The third-order valence-corrected chi connectivity index (χ3v) is 6.63. The van der Waals surface area contributed by atoms with Crippen molar-refractivity contribution in [3.8, 4) is 0 Å². The van der Waals surface area contributed by atoms with Gasteiger partial charge < -0.3 is 5.32 Å². The van der Waals surface area contributed by atoms with Crippen molar-refractivity contribution in [2.45, 2.75) is 30.8 Å². The maximum atomic E-state index is 12.8. The highest BCUT2D eigenvalue weighted by atomic mass is 79.9. The normalized spacial score (nSPS) is 24.2. The smallest absolute Gasteiger partial charge is 0.246 e. The van der Waals surface area contributed by atoms with E-state index in [4.69, 9.17) is 11.6 Å². The van der Waals surface area contributed by atoms with Gasteiger partial charge >= 0.3 is 0 Å². The van der Waals surface area contributed by atoms with Crippen LogP contribution in [0.2, 0.25) is 5.02 Å². The quantitative estimate of drug-likeness (QED) is 0.825. The lowest BCUT2D eigenvalue weighted by Gasteiger charge is -2.36. The maximum absolute atomic E-state index is 12.8. The van der Waals surface area contributed by atoms with Gasteiger partial charge in [0.25, 0.3) is 0 Å². The Balaban J connectivity index is 0.00000200. The number of piperazine rings is 1. The molecule has 1 aromatic carbocycles. The fraction of sp³-hybridized carbons (Fsp3) is 0.500. The number of rotatable bonds is 2. The Hall–Kier alpha value is 0.150. The Morgan fingerprint density at radius 1 is 1.40 bits per heavy atom. The number of nitrogens with one attached hydrogen (secondary N) is 1. The van der Waals surface area contributed by atoms with Gasteiger partial charge in [-0.1, -0.05) is 17.7 Å². The standard InChI is InChI=1S/C12H16BrClN2O2S.ClH/c1-8-7-16(9(2)6-15-8)19(17,18)12-10(13)4-3-5-11(12)14;/h3-5,8-9,15H,6-7H2,1-2H3;1H. The summed E-state index contributed by atoms with van der Waals surface area (Å²) in [4.78, 5) is 0.151. The molecule has 0 aromatic heterocycles. The van der Waals surface area contributed by atoms with E-state index >= 15 is 0 Å². The number of sulfonamides is 1.